The van der Waals surface area contributed by atoms with Crippen molar-refractivity contribution in [1.82, 2.24) is 0 Å². The van der Waals surface area contributed by atoms with Crippen LogP contribution in [0.2, 0.25) is 0 Å². The zero-order valence-corrected chi connectivity index (χ0v) is 29.2. The van der Waals surface area contributed by atoms with Gasteiger partial charge < -0.3 is 15.9 Å². The number of Topliss-reactive ketones (excluding diaryl/α,β-unsaturated/α-hetero) is 1. The van der Waals surface area contributed by atoms with E-state index >= 15 is 0 Å². The first-order chi connectivity index (χ1) is 21.8. The van der Waals surface area contributed by atoms with Crippen LogP contribution in [0.3, 0.4) is 0 Å². The van der Waals surface area contributed by atoms with E-state index in [1.54, 1.807) is 0 Å². The van der Waals surface area contributed by atoms with Gasteiger partial charge in [0.2, 0.25) is 0 Å². The molecule has 0 saturated heterocycles. The van der Waals surface area contributed by atoms with Crippen molar-refractivity contribution in [3.05, 3.63) is 119 Å². The molecule has 0 atom stereocenters. The predicted molar refractivity (Wildman–Crippen MR) is 197 cm³/mol. The molecule has 0 unspecified atom stereocenters. The van der Waals surface area contributed by atoms with E-state index in [9.17, 15) is 4.79 Å². The van der Waals surface area contributed by atoms with Crippen molar-refractivity contribution < 1.29 is 9.63 Å². The average molecular weight is 630 g/mol. The van der Waals surface area contributed by atoms with Gasteiger partial charge in [-0.25, -0.2) is 0 Å². The zero-order valence-electron chi connectivity index (χ0n) is 28.3. The molecular formula is C39H55N3O2S. The molecule has 4 aromatic carbocycles. The van der Waals surface area contributed by atoms with Gasteiger partial charge in [-0.2, -0.15) is 5.90 Å². The summed E-state index contributed by atoms with van der Waals surface area (Å²) in [7, 11) is 0. The number of anilines is 2. The van der Waals surface area contributed by atoms with E-state index in [4.69, 9.17) is 11.6 Å². The van der Waals surface area contributed by atoms with E-state index in [1.807, 2.05) is 126 Å². The molecule has 5 nitrogen and oxygen atoms in total. The summed E-state index contributed by atoms with van der Waals surface area (Å²) in [5, 5.41) is 3.41. The Kier molecular flexibility index (Phi) is 19.8. The van der Waals surface area contributed by atoms with Crippen LogP contribution in [-0.2, 0) is 6.42 Å². The molecule has 0 spiro atoms. The van der Waals surface area contributed by atoms with E-state index in [2.05, 4.69) is 41.8 Å². The van der Waals surface area contributed by atoms with Crippen LogP contribution in [0.25, 0.3) is 0 Å². The Morgan fingerprint density at radius 3 is 1.84 bits per heavy atom. The first-order valence-corrected chi connectivity index (χ1v) is 16.7. The Morgan fingerprint density at radius 2 is 1.40 bits per heavy atom. The molecule has 0 bridgehead atoms. The molecule has 0 aromatic heterocycles. The quantitative estimate of drug-likeness (QED) is 0.0737. The fraction of sp³-hybridized carbons (Fsp3) is 0.359. The van der Waals surface area contributed by atoms with Crippen LogP contribution < -0.4 is 21.8 Å². The van der Waals surface area contributed by atoms with Crippen molar-refractivity contribution in [2.75, 3.05) is 11.1 Å². The third-order valence-electron chi connectivity index (χ3n) is 6.62. The Labute approximate surface area is 278 Å². The van der Waals surface area contributed by atoms with Gasteiger partial charge in [-0.15, -0.1) is 12.6 Å². The second kappa shape index (κ2) is 22.7. The van der Waals surface area contributed by atoms with Gasteiger partial charge >= 0.3 is 0 Å². The minimum absolute atomic E-state index is 0.329. The molecule has 0 aliphatic heterocycles. The lowest BCUT2D eigenvalue weighted by molar-refractivity contribution is 0.0967. The highest BCUT2D eigenvalue weighted by Crippen LogP contribution is 2.32. The van der Waals surface area contributed by atoms with Crippen LogP contribution in [-0.4, -0.2) is 11.8 Å². The van der Waals surface area contributed by atoms with E-state index in [-0.39, 0.29) is 0 Å². The zero-order chi connectivity index (χ0) is 33.6. The summed E-state index contributed by atoms with van der Waals surface area (Å²) >= 11 is 4.21. The standard InChI is InChI=1S/C11H12O.C9H11NS.C8H11NO.C7H9N.2C2H6/c1-8-2-4-9(5-3-8)11(12)10-6-7-10;11-9-5-3-8(4-6-9)10-7-1-2-7;1-2-7-5-3-4-6-8(7)10-9;1-6-3-2-4-7(8)5-6;2*1-2/h2-5,10H,6-7H2,1H3;3-7,10-11H,1-2H2;3-6H,2,9H2,1H3;2-5H,8H2,1H3;2*1-2H3. The number of aryl methyl sites for hydroxylation is 3. The van der Waals surface area contributed by atoms with Crippen molar-refractivity contribution in [2.45, 2.75) is 91.5 Å². The first kappa shape index (κ1) is 39.3. The molecule has 0 amide bonds. The Bertz CT molecular complexity index is 1310. The average Bonchev–Trinajstić information content (AvgIpc) is 4.01. The smallest absolute Gasteiger partial charge is 0.165 e. The number of hydrogen-bond donors (Lipinski definition) is 4. The fourth-order valence-corrected chi connectivity index (χ4v) is 4.05. The first-order valence-electron chi connectivity index (χ1n) is 16.2. The summed E-state index contributed by atoms with van der Waals surface area (Å²) in [5.74, 6) is 6.46. The maximum atomic E-state index is 11.5. The highest BCUT2D eigenvalue weighted by Gasteiger charge is 2.30. The number of thiol groups is 1. The molecular weight excluding hydrogens is 575 g/mol. The molecule has 0 heterocycles. The van der Waals surface area contributed by atoms with Crippen LogP contribution in [0.4, 0.5) is 11.4 Å². The minimum atomic E-state index is 0.329. The van der Waals surface area contributed by atoms with Gasteiger partial charge in [-0.1, -0.05) is 94.8 Å². The van der Waals surface area contributed by atoms with E-state index in [0.717, 1.165) is 52.8 Å². The lowest BCUT2D eigenvalue weighted by Gasteiger charge is -2.02. The third-order valence-corrected chi connectivity index (χ3v) is 6.92. The van der Waals surface area contributed by atoms with Crippen LogP contribution in [0.1, 0.15) is 87.4 Å². The maximum absolute atomic E-state index is 11.5. The number of hydrogen-bond acceptors (Lipinski definition) is 6. The van der Waals surface area contributed by atoms with Crippen molar-refractivity contribution in [3.63, 3.8) is 0 Å². The number of nitrogens with one attached hydrogen (secondary N) is 1. The van der Waals surface area contributed by atoms with Crippen LogP contribution in [0.15, 0.2) is 102 Å². The second-order valence-electron chi connectivity index (χ2n) is 10.5. The van der Waals surface area contributed by atoms with Crippen molar-refractivity contribution >= 4 is 29.8 Å². The number of nitrogens with two attached hydrogens (primary N) is 2. The van der Waals surface area contributed by atoms with Gasteiger partial charge in [-0.3, -0.25) is 4.79 Å². The number of ketones is 1. The van der Waals surface area contributed by atoms with Gasteiger partial charge in [0.1, 0.15) is 5.75 Å². The number of rotatable bonds is 6. The molecule has 45 heavy (non-hydrogen) atoms. The van der Waals surface area contributed by atoms with Crippen molar-refractivity contribution in [1.29, 1.82) is 0 Å². The van der Waals surface area contributed by atoms with Crippen LogP contribution in [0, 0.1) is 19.8 Å². The van der Waals surface area contributed by atoms with Crippen LogP contribution >= 0.6 is 12.6 Å². The predicted octanol–water partition coefficient (Wildman–Crippen LogP) is 10.3. The van der Waals surface area contributed by atoms with E-state index in [0.29, 0.717) is 11.7 Å². The molecule has 0 radical (unpaired) electrons. The summed E-state index contributed by atoms with van der Waals surface area (Å²) < 4.78 is 0. The minimum Gasteiger partial charge on any atom is -0.411 e. The number of para-hydroxylation sites is 1. The Balaban J connectivity index is 0.000000291. The van der Waals surface area contributed by atoms with Gasteiger partial charge in [-0.05, 0) is 99.5 Å². The van der Waals surface area contributed by atoms with Crippen LogP contribution in [0.5, 0.6) is 5.75 Å². The van der Waals surface area contributed by atoms with Crippen molar-refractivity contribution in [3.8, 4) is 5.75 Å². The summed E-state index contributed by atoms with van der Waals surface area (Å²) in [4.78, 5) is 17.2. The molecule has 4 aromatic rings. The molecule has 244 valence electrons. The van der Waals surface area contributed by atoms with Crippen molar-refractivity contribution in [2.24, 2.45) is 11.8 Å². The lowest BCUT2D eigenvalue weighted by Crippen LogP contribution is -2.03. The highest BCUT2D eigenvalue weighted by atomic mass is 32.1. The summed E-state index contributed by atoms with van der Waals surface area (Å²) in [6, 6.07) is 32.3. The molecule has 5 N–H and O–H groups in total. The molecule has 2 aliphatic rings. The monoisotopic (exact) mass is 629 g/mol. The third kappa shape index (κ3) is 16.8. The normalized spacial score (nSPS) is 12.3. The SMILES string of the molecule is CC.CC.CCc1ccccc1ON.Cc1ccc(C(=O)C2CC2)cc1.Cc1cccc(N)c1.Sc1ccc(NC2CC2)cc1. The lowest BCUT2D eigenvalue weighted by atomic mass is 10.1. The van der Waals surface area contributed by atoms with Gasteiger partial charge in [0.05, 0.1) is 0 Å². The van der Waals surface area contributed by atoms with E-state index < -0.39 is 0 Å². The molecule has 6 heteroatoms. The fourth-order valence-electron chi connectivity index (χ4n) is 3.90. The second-order valence-corrected chi connectivity index (χ2v) is 11.0. The number of carbonyl (C=O) groups is 1. The number of nitrogen functional groups attached to an aromatic ring is 1. The van der Waals surface area contributed by atoms with Gasteiger partial charge in [0.15, 0.2) is 5.78 Å². The van der Waals surface area contributed by atoms with Gasteiger partial charge in [0, 0.05) is 33.8 Å². The topological polar surface area (TPSA) is 90.4 Å². The molecule has 2 saturated carbocycles. The highest BCUT2D eigenvalue weighted by molar-refractivity contribution is 7.80. The summed E-state index contributed by atoms with van der Waals surface area (Å²) in [6.45, 7) is 14.1. The van der Waals surface area contributed by atoms with Gasteiger partial charge in [0.25, 0.3) is 0 Å². The largest absolute Gasteiger partial charge is 0.411 e. The Morgan fingerprint density at radius 1 is 0.800 bits per heavy atom. The summed E-state index contributed by atoms with van der Waals surface area (Å²) in [6.07, 6.45) is 5.78. The molecule has 2 fully saturated rings. The molecule has 2 aliphatic carbocycles. The maximum Gasteiger partial charge on any atom is 0.165 e. The summed E-state index contributed by atoms with van der Waals surface area (Å²) in [5.41, 5.74) is 12.0. The molecule has 6 rings (SSSR count). The number of carbonyl (C=O) groups excluding carboxylic acids is 1. The Hall–Kier alpha value is -3.74. The van der Waals surface area contributed by atoms with E-state index in [1.165, 1.54) is 29.7 Å². The number of benzene rings is 4.